The number of carbonyl (C=O) groups excluding carboxylic acids is 1. The van der Waals surface area contributed by atoms with Gasteiger partial charge in [0, 0.05) is 25.4 Å². The van der Waals surface area contributed by atoms with Gasteiger partial charge in [0.05, 0.1) is 11.4 Å². The number of aliphatic hydroxyl groups is 1. The van der Waals surface area contributed by atoms with E-state index >= 15 is 0 Å². The molecule has 7 heteroatoms. The largest absolute Gasteiger partial charge is 0.390 e. The standard InChI is InChI=1S/C12H22N2O4S/c13-19(17,18)8-2-4-11(15)14-7-1-3-10(9-14)12(16)5-6-12/h10,16H,1-9H2,(H2,13,17,18). The molecule has 1 heterocycles. The molecule has 110 valence electrons. The van der Waals surface area contributed by atoms with Crippen LogP contribution in [0.2, 0.25) is 0 Å². The highest BCUT2D eigenvalue weighted by Gasteiger charge is 2.48. The number of primary sulfonamides is 1. The Morgan fingerprint density at radius 3 is 2.68 bits per heavy atom. The molecule has 19 heavy (non-hydrogen) atoms. The van der Waals surface area contributed by atoms with Gasteiger partial charge in [-0.05, 0) is 32.1 Å². The van der Waals surface area contributed by atoms with Crippen LogP contribution in [0.3, 0.4) is 0 Å². The van der Waals surface area contributed by atoms with Crippen LogP contribution in [0.5, 0.6) is 0 Å². The monoisotopic (exact) mass is 290 g/mol. The number of piperidine rings is 1. The van der Waals surface area contributed by atoms with Gasteiger partial charge in [-0.25, -0.2) is 13.6 Å². The van der Waals surface area contributed by atoms with E-state index in [-0.39, 0.29) is 30.4 Å². The van der Waals surface area contributed by atoms with Crippen molar-refractivity contribution in [2.45, 2.75) is 44.1 Å². The first-order chi connectivity index (χ1) is 8.80. The maximum atomic E-state index is 12.0. The molecule has 0 aromatic carbocycles. The SMILES string of the molecule is NS(=O)(=O)CCCC(=O)N1CCCC(C2(O)CC2)C1. The average Bonchev–Trinajstić information content (AvgIpc) is 3.07. The smallest absolute Gasteiger partial charge is 0.222 e. The minimum absolute atomic E-state index is 0.0300. The Morgan fingerprint density at radius 2 is 2.11 bits per heavy atom. The Hall–Kier alpha value is -0.660. The zero-order valence-corrected chi connectivity index (χ0v) is 11.9. The summed E-state index contributed by atoms with van der Waals surface area (Å²) in [5.41, 5.74) is -0.542. The summed E-state index contributed by atoms with van der Waals surface area (Å²) in [6.45, 7) is 1.31. The highest BCUT2D eigenvalue weighted by Crippen LogP contribution is 2.45. The second-order valence-corrected chi connectivity index (χ2v) is 7.49. The highest BCUT2D eigenvalue weighted by molar-refractivity contribution is 7.89. The summed E-state index contributed by atoms with van der Waals surface area (Å²) >= 11 is 0. The molecule has 1 amide bonds. The van der Waals surface area contributed by atoms with Gasteiger partial charge in [-0.15, -0.1) is 0 Å². The molecule has 2 rings (SSSR count). The van der Waals surface area contributed by atoms with Crippen LogP contribution in [0.15, 0.2) is 0 Å². The van der Waals surface area contributed by atoms with Crippen molar-refractivity contribution >= 4 is 15.9 Å². The van der Waals surface area contributed by atoms with Crippen LogP contribution in [0.1, 0.15) is 38.5 Å². The van der Waals surface area contributed by atoms with E-state index in [1.165, 1.54) is 0 Å². The van der Waals surface area contributed by atoms with Gasteiger partial charge in [-0.3, -0.25) is 4.79 Å². The summed E-state index contributed by atoms with van der Waals surface area (Å²) in [5, 5.41) is 15.0. The van der Waals surface area contributed by atoms with E-state index in [0.29, 0.717) is 13.1 Å². The number of hydrogen-bond acceptors (Lipinski definition) is 4. The average molecular weight is 290 g/mol. The molecule has 0 aromatic heterocycles. The topological polar surface area (TPSA) is 101 Å². The summed E-state index contributed by atoms with van der Waals surface area (Å²) < 4.78 is 21.6. The number of nitrogens with zero attached hydrogens (tertiary/aromatic N) is 1. The number of sulfonamides is 1. The number of hydrogen-bond donors (Lipinski definition) is 2. The van der Waals surface area contributed by atoms with Gasteiger partial charge in [0.1, 0.15) is 0 Å². The minimum Gasteiger partial charge on any atom is -0.390 e. The molecule has 0 radical (unpaired) electrons. The maximum Gasteiger partial charge on any atom is 0.222 e. The Bertz CT molecular complexity index is 445. The molecule has 0 spiro atoms. The van der Waals surface area contributed by atoms with E-state index in [4.69, 9.17) is 5.14 Å². The van der Waals surface area contributed by atoms with Gasteiger partial charge in [0.15, 0.2) is 0 Å². The molecule has 1 atom stereocenters. The van der Waals surface area contributed by atoms with Gasteiger partial charge >= 0.3 is 0 Å². The number of carbonyl (C=O) groups is 1. The molecule has 2 fully saturated rings. The molecule has 0 aromatic rings. The lowest BCUT2D eigenvalue weighted by Gasteiger charge is -2.35. The van der Waals surface area contributed by atoms with Crippen LogP contribution in [-0.4, -0.2) is 48.8 Å². The lowest BCUT2D eigenvalue weighted by Crippen LogP contribution is -2.44. The first-order valence-electron chi connectivity index (χ1n) is 6.81. The van der Waals surface area contributed by atoms with Crippen LogP contribution in [0, 0.1) is 5.92 Å². The van der Waals surface area contributed by atoms with Crippen LogP contribution in [0.4, 0.5) is 0 Å². The third-order valence-electron chi connectivity index (χ3n) is 4.12. The van der Waals surface area contributed by atoms with Gasteiger partial charge in [-0.2, -0.15) is 0 Å². The molecule has 3 N–H and O–H groups in total. The van der Waals surface area contributed by atoms with Crippen molar-refractivity contribution < 1.29 is 18.3 Å². The molecule has 1 unspecified atom stereocenters. The molecular weight excluding hydrogens is 268 g/mol. The van der Waals surface area contributed by atoms with Crippen molar-refractivity contribution in [3.63, 3.8) is 0 Å². The Morgan fingerprint density at radius 1 is 1.42 bits per heavy atom. The summed E-state index contributed by atoms with van der Waals surface area (Å²) in [6.07, 6.45) is 4.03. The third-order valence-corrected chi connectivity index (χ3v) is 4.97. The fourth-order valence-corrected chi connectivity index (χ4v) is 3.31. The molecule has 1 saturated carbocycles. The zero-order valence-electron chi connectivity index (χ0n) is 11.0. The Labute approximate surface area is 114 Å². The summed E-state index contributed by atoms with van der Waals surface area (Å²) in [4.78, 5) is 13.7. The van der Waals surface area contributed by atoms with E-state index in [1.807, 2.05) is 0 Å². The van der Waals surface area contributed by atoms with E-state index in [0.717, 1.165) is 25.7 Å². The molecular formula is C12H22N2O4S. The number of amides is 1. The Balaban J connectivity index is 1.79. The predicted octanol–water partition coefficient (Wildman–Crippen LogP) is -0.181. The molecule has 0 bridgehead atoms. The first-order valence-corrected chi connectivity index (χ1v) is 8.52. The van der Waals surface area contributed by atoms with E-state index in [1.54, 1.807) is 4.90 Å². The molecule has 1 aliphatic heterocycles. The number of nitrogens with two attached hydrogens (primary N) is 1. The summed E-state index contributed by atoms with van der Waals surface area (Å²) in [5.74, 6) is 0.000910. The van der Waals surface area contributed by atoms with E-state index < -0.39 is 15.6 Å². The molecule has 6 nitrogen and oxygen atoms in total. The predicted molar refractivity (Wildman–Crippen MR) is 70.7 cm³/mol. The Kier molecular flexibility index (Phi) is 4.17. The zero-order chi connectivity index (χ0) is 14.1. The van der Waals surface area contributed by atoms with Crippen molar-refractivity contribution in [3.05, 3.63) is 0 Å². The third kappa shape index (κ3) is 4.15. The molecule has 1 aliphatic carbocycles. The van der Waals surface area contributed by atoms with Crippen molar-refractivity contribution in [1.82, 2.24) is 4.90 Å². The van der Waals surface area contributed by atoms with Crippen LogP contribution < -0.4 is 5.14 Å². The summed E-state index contributed by atoms with van der Waals surface area (Å²) in [6, 6.07) is 0. The van der Waals surface area contributed by atoms with Crippen molar-refractivity contribution in [3.8, 4) is 0 Å². The summed E-state index contributed by atoms with van der Waals surface area (Å²) in [7, 11) is -3.49. The van der Waals surface area contributed by atoms with Crippen molar-refractivity contribution in [2.24, 2.45) is 11.1 Å². The molecule has 1 saturated heterocycles. The van der Waals surface area contributed by atoms with Crippen LogP contribution in [0.25, 0.3) is 0 Å². The first kappa shape index (κ1) is 14.7. The highest BCUT2D eigenvalue weighted by atomic mass is 32.2. The van der Waals surface area contributed by atoms with Crippen LogP contribution in [-0.2, 0) is 14.8 Å². The van der Waals surface area contributed by atoms with E-state index in [9.17, 15) is 18.3 Å². The van der Waals surface area contributed by atoms with Gasteiger partial charge in [-0.1, -0.05) is 0 Å². The lowest BCUT2D eigenvalue weighted by molar-refractivity contribution is -0.134. The second-order valence-electron chi connectivity index (χ2n) is 5.75. The fourth-order valence-electron chi connectivity index (χ4n) is 2.76. The van der Waals surface area contributed by atoms with Crippen molar-refractivity contribution in [2.75, 3.05) is 18.8 Å². The second kappa shape index (κ2) is 5.38. The maximum absolute atomic E-state index is 12.0. The van der Waals surface area contributed by atoms with Crippen LogP contribution >= 0.6 is 0 Å². The normalized spacial score (nSPS) is 26.2. The van der Waals surface area contributed by atoms with Crippen molar-refractivity contribution in [1.29, 1.82) is 0 Å². The lowest BCUT2D eigenvalue weighted by atomic mass is 9.90. The fraction of sp³-hybridized carbons (Fsp3) is 0.917. The van der Waals surface area contributed by atoms with Gasteiger partial charge in [0.25, 0.3) is 0 Å². The number of rotatable bonds is 5. The minimum atomic E-state index is -3.49. The van der Waals surface area contributed by atoms with Gasteiger partial charge < -0.3 is 10.0 Å². The quantitative estimate of drug-likeness (QED) is 0.733. The number of likely N-dealkylation sites (tertiary alicyclic amines) is 1. The van der Waals surface area contributed by atoms with Gasteiger partial charge in [0.2, 0.25) is 15.9 Å². The van der Waals surface area contributed by atoms with E-state index in [2.05, 4.69) is 0 Å². The molecule has 2 aliphatic rings.